The van der Waals surface area contributed by atoms with Crippen LogP contribution in [0.3, 0.4) is 0 Å². The van der Waals surface area contributed by atoms with Crippen molar-refractivity contribution in [1.29, 1.82) is 0 Å². The van der Waals surface area contributed by atoms with Crippen LogP contribution in [0.4, 0.5) is 4.39 Å². The molecule has 18 heavy (non-hydrogen) atoms. The average molecular weight is 274 g/mol. The topological polar surface area (TPSA) is 87.7 Å². The second-order valence-corrected chi connectivity index (χ2v) is 4.21. The Morgan fingerprint density at radius 1 is 1.67 bits per heavy atom. The maximum Gasteiger partial charge on any atom is 0.251 e. The molecule has 0 heterocycles. The van der Waals surface area contributed by atoms with E-state index in [1.165, 1.54) is 12.1 Å². The number of hydrogen-bond donors (Lipinski definition) is 3. The third-order valence-electron chi connectivity index (χ3n) is 2.20. The predicted molar refractivity (Wildman–Crippen MR) is 66.4 cm³/mol. The SMILES string of the molecule is CC(C/C(N)=N/O)NC(=O)c1ccc(F)c(Cl)c1. The number of carbonyl (C=O) groups excluding carboxylic acids is 1. The molecule has 4 N–H and O–H groups in total. The van der Waals surface area contributed by atoms with Crippen molar-refractivity contribution in [3.63, 3.8) is 0 Å². The maximum atomic E-state index is 12.9. The highest BCUT2D eigenvalue weighted by Gasteiger charge is 2.12. The number of nitrogens with one attached hydrogen (secondary N) is 1. The monoisotopic (exact) mass is 273 g/mol. The number of halogens is 2. The highest BCUT2D eigenvalue weighted by atomic mass is 35.5. The van der Waals surface area contributed by atoms with E-state index < -0.39 is 11.7 Å². The summed E-state index contributed by atoms with van der Waals surface area (Å²) in [6, 6.07) is 3.36. The van der Waals surface area contributed by atoms with Crippen LogP contribution in [0.5, 0.6) is 0 Å². The Morgan fingerprint density at radius 3 is 2.89 bits per heavy atom. The van der Waals surface area contributed by atoms with Gasteiger partial charge in [-0.2, -0.15) is 0 Å². The lowest BCUT2D eigenvalue weighted by atomic mass is 10.1. The van der Waals surface area contributed by atoms with E-state index >= 15 is 0 Å². The smallest absolute Gasteiger partial charge is 0.251 e. The van der Waals surface area contributed by atoms with Crippen LogP contribution in [0.2, 0.25) is 5.02 Å². The highest BCUT2D eigenvalue weighted by Crippen LogP contribution is 2.16. The van der Waals surface area contributed by atoms with Gasteiger partial charge in [0.1, 0.15) is 11.7 Å². The number of amides is 1. The molecule has 0 saturated heterocycles. The van der Waals surface area contributed by atoms with Gasteiger partial charge in [0.2, 0.25) is 0 Å². The summed E-state index contributed by atoms with van der Waals surface area (Å²) in [6.07, 6.45) is 0.206. The first-order valence-corrected chi connectivity index (χ1v) is 5.54. The lowest BCUT2D eigenvalue weighted by molar-refractivity contribution is 0.0941. The average Bonchev–Trinajstić information content (AvgIpc) is 2.32. The molecule has 1 rings (SSSR count). The van der Waals surface area contributed by atoms with Gasteiger partial charge in [-0.3, -0.25) is 4.79 Å². The van der Waals surface area contributed by atoms with Crippen LogP contribution >= 0.6 is 11.6 Å². The summed E-state index contributed by atoms with van der Waals surface area (Å²) in [4.78, 5) is 11.8. The molecule has 0 spiro atoms. The Labute approximate surface area is 108 Å². The molecule has 0 radical (unpaired) electrons. The zero-order valence-corrected chi connectivity index (χ0v) is 10.4. The summed E-state index contributed by atoms with van der Waals surface area (Å²) >= 11 is 5.57. The van der Waals surface area contributed by atoms with Gasteiger partial charge in [-0.05, 0) is 25.1 Å². The molecular weight excluding hydrogens is 261 g/mol. The third kappa shape index (κ3) is 3.89. The minimum atomic E-state index is -0.585. The number of nitrogens with two attached hydrogens (primary N) is 1. The minimum Gasteiger partial charge on any atom is -0.409 e. The number of oxime groups is 1. The van der Waals surface area contributed by atoms with Crippen molar-refractivity contribution in [2.75, 3.05) is 0 Å². The van der Waals surface area contributed by atoms with Crippen LogP contribution in [0, 0.1) is 5.82 Å². The van der Waals surface area contributed by atoms with Gasteiger partial charge in [0.15, 0.2) is 0 Å². The number of rotatable bonds is 4. The normalized spacial score (nSPS) is 13.2. The van der Waals surface area contributed by atoms with E-state index in [2.05, 4.69) is 10.5 Å². The van der Waals surface area contributed by atoms with Crippen molar-refractivity contribution >= 4 is 23.3 Å². The summed E-state index contributed by atoms with van der Waals surface area (Å²) in [5.74, 6) is -0.979. The molecule has 0 aliphatic carbocycles. The molecule has 1 aromatic carbocycles. The maximum absolute atomic E-state index is 12.9. The Morgan fingerprint density at radius 2 is 2.33 bits per heavy atom. The van der Waals surface area contributed by atoms with Crippen molar-refractivity contribution in [3.05, 3.63) is 34.6 Å². The van der Waals surface area contributed by atoms with E-state index in [1.807, 2.05) is 0 Å². The van der Waals surface area contributed by atoms with E-state index in [0.717, 1.165) is 6.07 Å². The summed E-state index contributed by atoms with van der Waals surface area (Å²) in [5.41, 5.74) is 5.55. The highest BCUT2D eigenvalue weighted by molar-refractivity contribution is 6.31. The lowest BCUT2D eigenvalue weighted by Gasteiger charge is -2.13. The van der Waals surface area contributed by atoms with Crippen LogP contribution in [0.15, 0.2) is 23.4 Å². The Hall–Kier alpha value is -1.82. The predicted octanol–water partition coefficient (Wildman–Crippen LogP) is 1.73. The van der Waals surface area contributed by atoms with Gasteiger partial charge < -0.3 is 16.3 Å². The molecule has 1 aromatic rings. The fourth-order valence-corrected chi connectivity index (χ4v) is 1.53. The van der Waals surface area contributed by atoms with Crippen molar-refractivity contribution in [1.82, 2.24) is 5.32 Å². The summed E-state index contributed by atoms with van der Waals surface area (Å²) in [6.45, 7) is 1.70. The molecule has 98 valence electrons. The van der Waals surface area contributed by atoms with E-state index in [4.69, 9.17) is 22.5 Å². The van der Waals surface area contributed by atoms with Gasteiger partial charge >= 0.3 is 0 Å². The van der Waals surface area contributed by atoms with E-state index in [9.17, 15) is 9.18 Å². The number of amidine groups is 1. The molecule has 1 atom stereocenters. The van der Waals surface area contributed by atoms with Gasteiger partial charge in [0.25, 0.3) is 5.91 Å². The first kappa shape index (κ1) is 14.2. The zero-order chi connectivity index (χ0) is 13.7. The quantitative estimate of drug-likeness (QED) is 0.338. The molecule has 0 fully saturated rings. The van der Waals surface area contributed by atoms with Crippen molar-refractivity contribution in [2.24, 2.45) is 10.9 Å². The van der Waals surface area contributed by atoms with Crippen molar-refractivity contribution in [3.8, 4) is 0 Å². The summed E-state index contributed by atoms with van der Waals surface area (Å²) < 4.78 is 12.9. The largest absolute Gasteiger partial charge is 0.409 e. The van der Waals surface area contributed by atoms with Crippen LogP contribution in [-0.4, -0.2) is 23.0 Å². The Kier molecular flexibility index (Phi) is 4.91. The van der Waals surface area contributed by atoms with Crippen LogP contribution in [-0.2, 0) is 0 Å². The van der Waals surface area contributed by atoms with Gasteiger partial charge in [0.05, 0.1) is 5.02 Å². The lowest BCUT2D eigenvalue weighted by Crippen LogP contribution is -2.35. The van der Waals surface area contributed by atoms with Crippen LogP contribution < -0.4 is 11.1 Å². The summed E-state index contributed by atoms with van der Waals surface area (Å²) in [5, 5.41) is 13.7. The van der Waals surface area contributed by atoms with E-state index in [-0.39, 0.29) is 28.9 Å². The van der Waals surface area contributed by atoms with Gasteiger partial charge in [-0.1, -0.05) is 16.8 Å². The molecule has 5 nitrogen and oxygen atoms in total. The van der Waals surface area contributed by atoms with Crippen LogP contribution in [0.25, 0.3) is 0 Å². The second kappa shape index (κ2) is 6.20. The number of benzene rings is 1. The third-order valence-corrected chi connectivity index (χ3v) is 2.49. The Balaban J connectivity index is 2.67. The van der Waals surface area contributed by atoms with Gasteiger partial charge in [0, 0.05) is 18.0 Å². The molecule has 0 aromatic heterocycles. The number of hydrogen-bond acceptors (Lipinski definition) is 3. The molecular formula is C11H13ClFN3O2. The van der Waals surface area contributed by atoms with E-state index in [1.54, 1.807) is 6.92 Å². The molecule has 1 amide bonds. The molecule has 0 bridgehead atoms. The molecule has 0 saturated carbocycles. The standard InChI is InChI=1S/C11H13ClFN3O2/c1-6(4-10(14)16-18)15-11(17)7-2-3-9(13)8(12)5-7/h2-3,5-6,18H,4H2,1H3,(H2,14,16)(H,15,17). The molecule has 1 unspecified atom stereocenters. The van der Waals surface area contributed by atoms with Crippen molar-refractivity contribution in [2.45, 2.75) is 19.4 Å². The van der Waals surface area contributed by atoms with Crippen LogP contribution in [0.1, 0.15) is 23.7 Å². The second-order valence-electron chi connectivity index (χ2n) is 3.80. The van der Waals surface area contributed by atoms with Gasteiger partial charge in [-0.25, -0.2) is 4.39 Å². The number of nitrogens with zero attached hydrogens (tertiary/aromatic N) is 1. The Bertz CT molecular complexity index is 479. The molecule has 0 aliphatic heterocycles. The minimum absolute atomic E-state index is 0.0138. The fourth-order valence-electron chi connectivity index (χ4n) is 1.35. The first-order chi connectivity index (χ1) is 8.43. The fraction of sp³-hybridized carbons (Fsp3) is 0.273. The van der Waals surface area contributed by atoms with Gasteiger partial charge in [-0.15, -0.1) is 0 Å². The van der Waals surface area contributed by atoms with E-state index in [0.29, 0.717) is 0 Å². The van der Waals surface area contributed by atoms with Crippen molar-refractivity contribution < 1.29 is 14.4 Å². The zero-order valence-electron chi connectivity index (χ0n) is 9.65. The molecule has 0 aliphatic rings. The first-order valence-electron chi connectivity index (χ1n) is 5.16. The molecule has 7 heteroatoms. The summed E-state index contributed by atoms with van der Waals surface area (Å²) in [7, 11) is 0. The number of carbonyl (C=O) groups is 1.